The number of nitrogens with zero attached hydrogens (tertiary/aromatic N) is 7. The normalized spacial score (nSPS) is 17.0. The van der Waals surface area contributed by atoms with Crippen molar-refractivity contribution in [2.45, 2.75) is 87.8 Å². The average molecular weight is 789 g/mol. The van der Waals surface area contributed by atoms with Crippen LogP contribution in [0.2, 0.25) is 0 Å². The SMILES string of the molecule is C=S(c1ccc(C#N)c(CCC(CC)N2CCC(c3ccc4c(NC(=O)CCNC=O)nn(C)c4c3)CC2)c1)N1CCC(Nc2ncc(OC(F)F)cn2)CC1. The molecule has 4 heterocycles. The third kappa shape index (κ3) is 10.2. The number of rotatable bonds is 17. The van der Waals surface area contributed by atoms with Crippen LogP contribution in [0, 0.1) is 11.3 Å². The van der Waals surface area contributed by atoms with Crippen LogP contribution in [0.15, 0.2) is 53.7 Å². The summed E-state index contributed by atoms with van der Waals surface area (Å²) < 4.78 is 33.4. The summed E-state index contributed by atoms with van der Waals surface area (Å²) in [6.07, 6.45) is 9.90. The molecule has 2 aromatic carbocycles. The number of piperidine rings is 2. The van der Waals surface area contributed by atoms with Gasteiger partial charge >= 0.3 is 6.61 Å². The van der Waals surface area contributed by atoms with Crippen LogP contribution < -0.4 is 20.7 Å². The van der Waals surface area contributed by atoms with Crippen molar-refractivity contribution in [3.63, 3.8) is 0 Å². The van der Waals surface area contributed by atoms with Crippen LogP contribution in [0.5, 0.6) is 5.75 Å². The fraction of sp³-hybridized carbons (Fsp3) is 0.475. The minimum Gasteiger partial charge on any atom is -0.432 e. The lowest BCUT2D eigenvalue weighted by Crippen LogP contribution is -2.41. The van der Waals surface area contributed by atoms with Crippen LogP contribution in [-0.2, 0) is 23.1 Å². The molecule has 3 N–H and O–H groups in total. The second-order valence-electron chi connectivity index (χ2n) is 14.3. The molecule has 56 heavy (non-hydrogen) atoms. The Labute approximate surface area is 328 Å². The van der Waals surface area contributed by atoms with Crippen LogP contribution >= 0.6 is 10.7 Å². The number of hydrogen-bond acceptors (Lipinski definition) is 10. The summed E-state index contributed by atoms with van der Waals surface area (Å²) in [5.74, 6) is 5.62. The number of amides is 2. The van der Waals surface area contributed by atoms with Gasteiger partial charge in [0.15, 0.2) is 11.6 Å². The number of alkyl halides is 2. The summed E-state index contributed by atoms with van der Waals surface area (Å²) in [7, 11) is 1.50. The summed E-state index contributed by atoms with van der Waals surface area (Å²) in [6.45, 7) is 3.28. The summed E-state index contributed by atoms with van der Waals surface area (Å²) >= 11 is 0. The van der Waals surface area contributed by atoms with Gasteiger partial charge in [-0.05, 0) is 105 Å². The topological polar surface area (TPSA) is 153 Å². The molecule has 2 amide bonds. The van der Waals surface area contributed by atoms with Gasteiger partial charge in [0.25, 0.3) is 0 Å². The molecule has 6 rings (SSSR count). The molecule has 2 saturated heterocycles. The first-order valence-electron chi connectivity index (χ1n) is 19.2. The molecule has 0 radical (unpaired) electrons. The summed E-state index contributed by atoms with van der Waals surface area (Å²) in [4.78, 5) is 34.8. The zero-order valence-electron chi connectivity index (χ0n) is 31.9. The first-order chi connectivity index (χ1) is 27.1. The lowest BCUT2D eigenvalue weighted by Gasteiger charge is -2.37. The number of nitrogens with one attached hydrogen (secondary N) is 3. The number of hydrogen-bond donors (Lipinski definition) is 3. The molecular formula is C40H50F2N10O3S. The molecule has 298 valence electrons. The molecular weight excluding hydrogens is 739 g/mol. The third-order valence-corrected chi connectivity index (χ3v) is 12.7. The van der Waals surface area contributed by atoms with Gasteiger partial charge in [-0.2, -0.15) is 19.1 Å². The number of halogens is 2. The molecule has 2 unspecified atom stereocenters. The van der Waals surface area contributed by atoms with Crippen molar-refractivity contribution in [1.82, 2.24) is 34.3 Å². The number of carbonyl (C=O) groups is 2. The van der Waals surface area contributed by atoms with Crippen LogP contribution in [0.4, 0.5) is 20.5 Å². The number of carbonyl (C=O) groups excluding carboxylic acids is 2. The number of benzene rings is 2. The van der Waals surface area contributed by atoms with Crippen LogP contribution in [0.25, 0.3) is 10.9 Å². The van der Waals surface area contributed by atoms with Gasteiger partial charge < -0.3 is 25.6 Å². The van der Waals surface area contributed by atoms with Crippen molar-refractivity contribution in [1.29, 1.82) is 5.26 Å². The van der Waals surface area contributed by atoms with E-state index in [4.69, 9.17) is 0 Å². The van der Waals surface area contributed by atoms with Gasteiger partial charge in [0.2, 0.25) is 18.3 Å². The molecule has 0 bridgehead atoms. The number of anilines is 2. The predicted octanol–water partition coefficient (Wildman–Crippen LogP) is 6.05. The minimum atomic E-state index is -2.92. The van der Waals surface area contributed by atoms with E-state index in [2.05, 4.69) is 82.0 Å². The lowest BCUT2D eigenvalue weighted by molar-refractivity contribution is -0.116. The van der Waals surface area contributed by atoms with Crippen molar-refractivity contribution >= 4 is 51.5 Å². The Morgan fingerprint density at radius 1 is 1.11 bits per heavy atom. The van der Waals surface area contributed by atoms with Crippen molar-refractivity contribution < 1.29 is 23.1 Å². The maximum Gasteiger partial charge on any atom is 0.387 e. The molecule has 2 aromatic heterocycles. The maximum atomic E-state index is 12.4. The molecule has 2 aliphatic heterocycles. The zero-order chi connectivity index (χ0) is 39.6. The Hall–Kier alpha value is -4.98. The second kappa shape index (κ2) is 19.2. The highest BCUT2D eigenvalue weighted by atomic mass is 32.2. The monoisotopic (exact) mass is 788 g/mol. The number of aromatic nitrogens is 4. The van der Waals surface area contributed by atoms with E-state index in [0.29, 0.717) is 30.1 Å². The standard InChI is InChI=1S/C40H50F2N10O3S/c1-4-32(51-17-12-27(13-18-51)29-7-10-35-36(22-29)50(2)49-38(35)48-37(54)11-16-44-26-53)8-5-28-21-34(9-6-30(28)23-43)56(3)52-19-14-31(15-20-52)47-40-45-24-33(25-46-40)55-39(41)42/h6-7,9-10,21-22,24-27,31-32,39H,3-5,8,11-20H2,1-2H3,(H,44,53)(H,45,46,47)(H,48,49,54). The van der Waals surface area contributed by atoms with E-state index in [0.717, 1.165) is 98.1 Å². The lowest BCUT2D eigenvalue weighted by atomic mass is 9.87. The van der Waals surface area contributed by atoms with Crippen molar-refractivity contribution in [3.05, 3.63) is 65.5 Å². The van der Waals surface area contributed by atoms with Crippen molar-refractivity contribution in [3.8, 4) is 11.8 Å². The molecule has 4 aromatic rings. The fourth-order valence-corrected chi connectivity index (χ4v) is 9.22. The number of fused-ring (bicyclic) bond motifs is 1. The van der Waals surface area contributed by atoms with E-state index < -0.39 is 6.61 Å². The Morgan fingerprint density at radius 2 is 1.86 bits per heavy atom. The summed E-state index contributed by atoms with van der Waals surface area (Å²) in [5.41, 5.74) is 4.05. The van der Waals surface area contributed by atoms with E-state index in [1.807, 2.05) is 25.2 Å². The molecule has 13 nitrogen and oxygen atoms in total. The van der Waals surface area contributed by atoms with Gasteiger partial charge in [0.05, 0.1) is 29.5 Å². The van der Waals surface area contributed by atoms with E-state index in [9.17, 15) is 23.6 Å². The molecule has 2 fully saturated rings. The summed E-state index contributed by atoms with van der Waals surface area (Å²) in [5, 5.41) is 24.1. The van der Waals surface area contributed by atoms with Crippen molar-refractivity contribution in [2.24, 2.45) is 7.05 Å². The highest BCUT2D eigenvalue weighted by Crippen LogP contribution is 2.36. The highest BCUT2D eigenvalue weighted by molar-refractivity contribution is 8.12. The average Bonchev–Trinajstić information content (AvgIpc) is 3.52. The second-order valence-corrected chi connectivity index (χ2v) is 16.0. The van der Waals surface area contributed by atoms with E-state index >= 15 is 0 Å². The summed E-state index contributed by atoms with van der Waals surface area (Å²) in [6, 6.07) is 15.6. The number of aryl methyl sites for hydroxylation is 2. The molecule has 2 aliphatic rings. The van der Waals surface area contributed by atoms with Gasteiger partial charge in [-0.3, -0.25) is 18.6 Å². The van der Waals surface area contributed by atoms with E-state index in [1.165, 1.54) is 18.0 Å². The fourth-order valence-electron chi connectivity index (χ4n) is 7.76. The van der Waals surface area contributed by atoms with E-state index in [1.54, 1.807) is 4.68 Å². The quantitative estimate of drug-likeness (QED) is 0.0655. The van der Waals surface area contributed by atoms with E-state index in [-0.39, 0.29) is 41.3 Å². The van der Waals surface area contributed by atoms with Gasteiger partial charge in [-0.25, -0.2) is 9.97 Å². The Balaban J connectivity index is 1.00. The van der Waals surface area contributed by atoms with Crippen molar-refractivity contribution in [2.75, 3.05) is 43.4 Å². The van der Waals surface area contributed by atoms with Crippen LogP contribution in [0.1, 0.15) is 74.5 Å². The zero-order valence-corrected chi connectivity index (χ0v) is 32.7. The number of nitriles is 1. The largest absolute Gasteiger partial charge is 0.432 e. The molecule has 2 atom stereocenters. The Morgan fingerprint density at radius 3 is 2.54 bits per heavy atom. The van der Waals surface area contributed by atoms with Gasteiger partial charge in [0.1, 0.15) is 0 Å². The number of ether oxygens (including phenoxy) is 1. The highest BCUT2D eigenvalue weighted by Gasteiger charge is 2.27. The van der Waals surface area contributed by atoms with Gasteiger partial charge in [-0.15, -0.1) is 0 Å². The Kier molecular flexibility index (Phi) is 14.0. The predicted molar refractivity (Wildman–Crippen MR) is 215 cm³/mol. The van der Waals surface area contributed by atoms with Gasteiger partial charge in [0, 0.05) is 55.5 Å². The smallest absolute Gasteiger partial charge is 0.387 e. The molecule has 0 aliphatic carbocycles. The third-order valence-electron chi connectivity index (χ3n) is 10.9. The first kappa shape index (κ1) is 40.7. The molecule has 0 spiro atoms. The number of likely N-dealkylation sites (tertiary alicyclic amines) is 1. The van der Waals surface area contributed by atoms with Crippen LogP contribution in [0.3, 0.4) is 0 Å². The molecule has 16 heteroatoms. The molecule has 0 saturated carbocycles. The Bertz CT molecular complexity index is 2020. The minimum absolute atomic E-state index is 0.0745. The van der Waals surface area contributed by atoms with Crippen LogP contribution in [-0.4, -0.2) is 98.6 Å². The maximum absolute atomic E-state index is 12.4. The van der Waals surface area contributed by atoms with Gasteiger partial charge in [-0.1, -0.05) is 29.5 Å². The first-order valence-corrected chi connectivity index (χ1v) is 20.5.